The molecule has 2 N–H and O–H groups in total. The lowest BCUT2D eigenvalue weighted by Crippen LogP contribution is -2.49. The molecule has 1 aliphatic carbocycles. The summed E-state index contributed by atoms with van der Waals surface area (Å²) in [4.78, 5) is 48.3. The average Bonchev–Trinajstić information content (AvgIpc) is 3.66. The molecule has 0 radical (unpaired) electrons. The molecule has 196 valence electrons. The molecule has 1 saturated carbocycles. The van der Waals surface area contributed by atoms with Crippen LogP contribution in [0.2, 0.25) is 0 Å². The smallest absolute Gasteiger partial charge is 0.270 e. The number of hydrogen-bond acceptors (Lipinski definition) is 6. The van der Waals surface area contributed by atoms with Crippen LogP contribution in [0.5, 0.6) is 5.75 Å². The van der Waals surface area contributed by atoms with Gasteiger partial charge in [-0.2, -0.15) is 5.26 Å². The van der Waals surface area contributed by atoms with Gasteiger partial charge < -0.3 is 19.9 Å². The predicted molar refractivity (Wildman–Crippen MR) is 140 cm³/mol. The number of nitriles is 1. The second-order valence-corrected chi connectivity index (χ2v) is 10.2. The van der Waals surface area contributed by atoms with Gasteiger partial charge in [-0.1, -0.05) is 12.1 Å². The minimum Gasteiger partial charge on any atom is -0.496 e. The lowest BCUT2D eigenvalue weighted by molar-refractivity contribution is -0.126. The molecule has 2 aliphatic rings. The van der Waals surface area contributed by atoms with Crippen LogP contribution in [0.25, 0.3) is 10.9 Å². The SMILES string of the molecule is COc1cccc2[nH]c(C(=O)N3CC(Cc4cccnc4)CC3C(=O)NC(C#N)CC3CCCC3=O)cc12. The molecule has 5 rings (SSSR count). The largest absolute Gasteiger partial charge is 0.496 e. The first-order valence-corrected chi connectivity index (χ1v) is 13.0. The maximum atomic E-state index is 13.8. The summed E-state index contributed by atoms with van der Waals surface area (Å²) in [6, 6.07) is 11.8. The van der Waals surface area contributed by atoms with Crippen LogP contribution in [0.4, 0.5) is 0 Å². The third-order valence-corrected chi connectivity index (χ3v) is 7.70. The van der Waals surface area contributed by atoms with Crippen molar-refractivity contribution in [2.24, 2.45) is 11.8 Å². The first kappa shape index (κ1) is 25.5. The highest BCUT2D eigenvalue weighted by Crippen LogP contribution is 2.31. The number of carbonyl (C=O) groups is 3. The number of carbonyl (C=O) groups excluding carboxylic acids is 3. The number of aromatic nitrogens is 2. The Hall–Kier alpha value is -4.19. The van der Waals surface area contributed by atoms with E-state index in [2.05, 4.69) is 21.4 Å². The van der Waals surface area contributed by atoms with Crippen molar-refractivity contribution >= 4 is 28.5 Å². The maximum Gasteiger partial charge on any atom is 0.270 e. The number of hydrogen-bond donors (Lipinski definition) is 2. The summed E-state index contributed by atoms with van der Waals surface area (Å²) in [6.45, 7) is 0.399. The summed E-state index contributed by atoms with van der Waals surface area (Å²) in [5, 5.41) is 13.3. The number of methoxy groups -OCH3 is 1. The molecule has 2 aromatic heterocycles. The third kappa shape index (κ3) is 5.25. The van der Waals surface area contributed by atoms with Gasteiger partial charge in [-0.25, -0.2) is 0 Å². The van der Waals surface area contributed by atoms with Crippen LogP contribution in [0.15, 0.2) is 48.8 Å². The molecule has 0 spiro atoms. The van der Waals surface area contributed by atoms with E-state index in [1.54, 1.807) is 30.5 Å². The van der Waals surface area contributed by atoms with Gasteiger partial charge in [0.15, 0.2) is 0 Å². The molecule has 4 atom stereocenters. The number of ketones is 1. The zero-order valence-corrected chi connectivity index (χ0v) is 21.4. The fourth-order valence-electron chi connectivity index (χ4n) is 5.80. The third-order valence-electron chi connectivity index (χ3n) is 7.70. The van der Waals surface area contributed by atoms with Crippen molar-refractivity contribution in [3.8, 4) is 11.8 Å². The van der Waals surface area contributed by atoms with E-state index in [1.165, 1.54) is 0 Å². The highest BCUT2D eigenvalue weighted by molar-refractivity contribution is 6.01. The summed E-state index contributed by atoms with van der Waals surface area (Å²) < 4.78 is 5.44. The normalized spacial score (nSPS) is 21.8. The number of aromatic amines is 1. The lowest BCUT2D eigenvalue weighted by atomic mass is 9.96. The fraction of sp³-hybridized carbons (Fsp3) is 0.414. The maximum absolute atomic E-state index is 13.8. The van der Waals surface area contributed by atoms with Crippen molar-refractivity contribution in [2.45, 2.75) is 50.6 Å². The zero-order chi connectivity index (χ0) is 26.6. The predicted octanol–water partition coefficient (Wildman–Crippen LogP) is 3.41. The minimum atomic E-state index is -0.777. The number of fused-ring (bicyclic) bond motifs is 1. The molecule has 4 unspecified atom stereocenters. The summed E-state index contributed by atoms with van der Waals surface area (Å²) in [6.07, 6.45) is 7.08. The topological polar surface area (TPSA) is 128 Å². The Morgan fingerprint density at radius 2 is 2.18 bits per heavy atom. The molecule has 38 heavy (non-hydrogen) atoms. The quantitative estimate of drug-likeness (QED) is 0.475. The highest BCUT2D eigenvalue weighted by atomic mass is 16.5. The number of nitrogens with zero attached hydrogens (tertiary/aromatic N) is 3. The number of Topliss-reactive ketones (excluding diaryl/α,β-unsaturated/α-hetero) is 1. The van der Waals surface area contributed by atoms with Gasteiger partial charge in [0.1, 0.15) is 29.3 Å². The number of rotatable bonds is 8. The number of H-pyrrole nitrogens is 1. The van der Waals surface area contributed by atoms with Gasteiger partial charge >= 0.3 is 0 Å². The van der Waals surface area contributed by atoms with Crippen LogP contribution >= 0.6 is 0 Å². The molecular weight excluding hydrogens is 482 g/mol. The Morgan fingerprint density at radius 3 is 2.89 bits per heavy atom. The van der Waals surface area contributed by atoms with Crippen molar-refractivity contribution in [2.75, 3.05) is 13.7 Å². The van der Waals surface area contributed by atoms with Crippen LogP contribution in [0.3, 0.4) is 0 Å². The summed E-state index contributed by atoms with van der Waals surface area (Å²) in [5.41, 5.74) is 2.18. The molecule has 3 aromatic rings. The highest BCUT2D eigenvalue weighted by Gasteiger charge is 2.41. The van der Waals surface area contributed by atoms with Crippen molar-refractivity contribution < 1.29 is 19.1 Å². The van der Waals surface area contributed by atoms with E-state index in [4.69, 9.17) is 4.74 Å². The van der Waals surface area contributed by atoms with E-state index >= 15 is 0 Å². The number of benzene rings is 1. The second kappa shape index (κ2) is 11.1. The van der Waals surface area contributed by atoms with Gasteiger partial charge in [0.2, 0.25) is 5.91 Å². The van der Waals surface area contributed by atoms with Gasteiger partial charge in [-0.3, -0.25) is 19.4 Å². The van der Waals surface area contributed by atoms with E-state index in [-0.39, 0.29) is 29.4 Å². The van der Waals surface area contributed by atoms with Gasteiger partial charge in [-0.15, -0.1) is 0 Å². The molecular formula is C29H31N5O4. The molecule has 3 heterocycles. The van der Waals surface area contributed by atoms with E-state index in [0.717, 1.165) is 29.3 Å². The van der Waals surface area contributed by atoms with E-state index in [9.17, 15) is 19.6 Å². The molecule has 1 saturated heterocycles. The van der Waals surface area contributed by atoms with E-state index < -0.39 is 12.1 Å². The Morgan fingerprint density at radius 1 is 1.32 bits per heavy atom. The minimum absolute atomic E-state index is 0.0507. The fourth-order valence-corrected chi connectivity index (χ4v) is 5.80. The molecule has 1 aromatic carbocycles. The Bertz CT molecular complexity index is 1380. The lowest BCUT2D eigenvalue weighted by Gasteiger charge is -2.25. The van der Waals surface area contributed by atoms with Crippen LogP contribution < -0.4 is 10.1 Å². The summed E-state index contributed by atoms with van der Waals surface area (Å²) in [5.74, 6) is 0.0224. The van der Waals surface area contributed by atoms with Crippen molar-refractivity contribution in [3.63, 3.8) is 0 Å². The van der Waals surface area contributed by atoms with Crippen LogP contribution in [0.1, 0.15) is 48.2 Å². The Labute approximate surface area is 221 Å². The molecule has 2 fully saturated rings. The van der Waals surface area contributed by atoms with E-state index in [1.807, 2.05) is 30.3 Å². The first-order valence-electron chi connectivity index (χ1n) is 13.0. The monoisotopic (exact) mass is 513 g/mol. The zero-order valence-electron chi connectivity index (χ0n) is 21.4. The van der Waals surface area contributed by atoms with Crippen LogP contribution in [0, 0.1) is 23.2 Å². The Kier molecular flexibility index (Phi) is 7.40. The van der Waals surface area contributed by atoms with Crippen LogP contribution in [-0.2, 0) is 16.0 Å². The van der Waals surface area contributed by atoms with Gasteiger partial charge in [0, 0.05) is 42.2 Å². The van der Waals surface area contributed by atoms with Crippen molar-refractivity contribution in [3.05, 3.63) is 60.0 Å². The van der Waals surface area contributed by atoms with Gasteiger partial charge in [-0.05, 0) is 67.9 Å². The second-order valence-electron chi connectivity index (χ2n) is 10.2. The average molecular weight is 514 g/mol. The molecule has 1 aliphatic heterocycles. The molecule has 9 nitrogen and oxygen atoms in total. The molecule has 0 bridgehead atoms. The first-order chi connectivity index (χ1) is 18.5. The Balaban J connectivity index is 1.37. The number of ether oxygens (including phenoxy) is 1. The van der Waals surface area contributed by atoms with E-state index in [0.29, 0.717) is 43.7 Å². The van der Waals surface area contributed by atoms with Gasteiger partial charge in [0.25, 0.3) is 5.91 Å². The van der Waals surface area contributed by atoms with Crippen molar-refractivity contribution in [1.82, 2.24) is 20.2 Å². The molecule has 2 amide bonds. The number of likely N-dealkylation sites (tertiary alicyclic amines) is 1. The molecule has 9 heteroatoms. The standard InChI is InChI=1S/C29H31N5O4/c1-38-27-9-3-7-23-22(27)14-24(33-23)29(37)34-17-19(11-18-5-4-10-31-16-18)12-25(34)28(36)32-21(15-30)13-20-6-2-8-26(20)35/h3-5,7,9-10,14,16,19-21,25,33H,2,6,8,11-13,17H2,1H3,(H,32,36). The number of amides is 2. The summed E-state index contributed by atoms with van der Waals surface area (Å²) in [7, 11) is 1.58. The van der Waals surface area contributed by atoms with Crippen molar-refractivity contribution in [1.29, 1.82) is 5.26 Å². The van der Waals surface area contributed by atoms with Crippen LogP contribution in [-0.4, -0.2) is 58.2 Å². The van der Waals surface area contributed by atoms with Gasteiger partial charge in [0.05, 0.1) is 13.2 Å². The number of pyridine rings is 1. The number of nitrogens with one attached hydrogen (secondary N) is 2. The summed E-state index contributed by atoms with van der Waals surface area (Å²) >= 11 is 0.